The van der Waals surface area contributed by atoms with Crippen LogP contribution in [0.2, 0.25) is 5.02 Å². The van der Waals surface area contributed by atoms with E-state index in [4.69, 9.17) is 33.3 Å². The van der Waals surface area contributed by atoms with Gasteiger partial charge in [-0.15, -0.1) is 0 Å². The number of hydrogen-bond acceptors (Lipinski definition) is 6. The third-order valence-corrected chi connectivity index (χ3v) is 6.12. The summed E-state index contributed by atoms with van der Waals surface area (Å²) in [6.07, 6.45) is 2.54. The molecule has 1 N–H and O–H groups in total. The second-order valence-electron chi connectivity index (χ2n) is 6.61. The van der Waals surface area contributed by atoms with E-state index < -0.39 is 0 Å². The number of benzene rings is 2. The van der Waals surface area contributed by atoms with Crippen LogP contribution in [0.3, 0.4) is 0 Å². The Morgan fingerprint density at radius 2 is 1.87 bits per heavy atom. The standard InChI is InChI=1S/C22H21ClN2O4S2/c1-28-17-10-5-14(12-18(17)29-2)13-19-21(27)25(22(30)31-19)11-3-4-20(26)24-16-8-6-15(23)7-9-16/h5-10,12-13H,3-4,11H2,1-2H3,(H,24,26)/b19-13-. The average molecular weight is 477 g/mol. The Labute approximate surface area is 195 Å². The van der Waals surface area contributed by atoms with E-state index in [1.54, 1.807) is 56.7 Å². The summed E-state index contributed by atoms with van der Waals surface area (Å²) < 4.78 is 11.0. The SMILES string of the molecule is COc1ccc(/C=C2\SC(=S)N(CCCC(=O)Nc3ccc(Cl)cc3)C2=O)cc1OC. The molecule has 0 aromatic heterocycles. The van der Waals surface area contributed by atoms with Crippen LogP contribution in [-0.4, -0.2) is 41.8 Å². The maximum Gasteiger partial charge on any atom is 0.266 e. The topological polar surface area (TPSA) is 67.9 Å². The predicted molar refractivity (Wildman–Crippen MR) is 129 cm³/mol. The zero-order valence-corrected chi connectivity index (χ0v) is 19.4. The smallest absolute Gasteiger partial charge is 0.266 e. The van der Waals surface area contributed by atoms with Crippen LogP contribution in [0.5, 0.6) is 11.5 Å². The second-order valence-corrected chi connectivity index (χ2v) is 8.72. The van der Waals surface area contributed by atoms with E-state index in [9.17, 15) is 9.59 Å². The van der Waals surface area contributed by atoms with Gasteiger partial charge in [0.05, 0.1) is 19.1 Å². The van der Waals surface area contributed by atoms with Crippen LogP contribution >= 0.6 is 35.6 Å². The van der Waals surface area contributed by atoms with Crippen LogP contribution in [0, 0.1) is 0 Å². The number of rotatable bonds is 8. The van der Waals surface area contributed by atoms with Crippen molar-refractivity contribution in [1.29, 1.82) is 0 Å². The van der Waals surface area contributed by atoms with Gasteiger partial charge in [-0.2, -0.15) is 0 Å². The molecular weight excluding hydrogens is 456 g/mol. The van der Waals surface area contributed by atoms with Gasteiger partial charge in [0, 0.05) is 23.7 Å². The van der Waals surface area contributed by atoms with E-state index >= 15 is 0 Å². The van der Waals surface area contributed by atoms with Gasteiger partial charge >= 0.3 is 0 Å². The number of anilines is 1. The van der Waals surface area contributed by atoms with Gasteiger partial charge in [-0.3, -0.25) is 14.5 Å². The molecule has 2 aromatic carbocycles. The summed E-state index contributed by atoms with van der Waals surface area (Å²) in [4.78, 5) is 27.0. The summed E-state index contributed by atoms with van der Waals surface area (Å²) in [7, 11) is 3.13. The van der Waals surface area contributed by atoms with Crippen LogP contribution < -0.4 is 14.8 Å². The van der Waals surface area contributed by atoms with E-state index in [1.165, 1.54) is 16.7 Å². The van der Waals surface area contributed by atoms with Gasteiger partial charge in [0.1, 0.15) is 4.32 Å². The lowest BCUT2D eigenvalue weighted by Crippen LogP contribution is -2.29. The summed E-state index contributed by atoms with van der Waals surface area (Å²) in [5, 5.41) is 3.41. The number of nitrogens with one attached hydrogen (secondary N) is 1. The van der Waals surface area contributed by atoms with Crippen molar-refractivity contribution in [3.05, 3.63) is 58.0 Å². The first-order valence-corrected chi connectivity index (χ1v) is 11.0. The maximum atomic E-state index is 12.8. The third kappa shape index (κ3) is 6.00. The highest BCUT2D eigenvalue weighted by atomic mass is 35.5. The number of thiocarbonyl (C=S) groups is 1. The van der Waals surface area contributed by atoms with Crippen molar-refractivity contribution >= 4 is 63.5 Å². The van der Waals surface area contributed by atoms with Gasteiger partial charge in [0.25, 0.3) is 5.91 Å². The predicted octanol–water partition coefficient (Wildman–Crippen LogP) is 4.98. The summed E-state index contributed by atoms with van der Waals surface area (Å²) in [5.74, 6) is 0.902. The number of carbonyl (C=O) groups is 2. The molecule has 9 heteroatoms. The molecule has 6 nitrogen and oxygen atoms in total. The van der Waals surface area contributed by atoms with Crippen LogP contribution in [-0.2, 0) is 9.59 Å². The number of amides is 2. The summed E-state index contributed by atoms with van der Waals surface area (Å²) in [5.41, 5.74) is 1.48. The largest absolute Gasteiger partial charge is 0.493 e. The van der Waals surface area contributed by atoms with Crippen molar-refractivity contribution in [3.63, 3.8) is 0 Å². The quantitative estimate of drug-likeness (QED) is 0.428. The minimum atomic E-state index is -0.164. The molecule has 1 heterocycles. The lowest BCUT2D eigenvalue weighted by atomic mass is 10.2. The van der Waals surface area contributed by atoms with E-state index in [0.29, 0.717) is 44.4 Å². The van der Waals surface area contributed by atoms with Gasteiger partial charge in [-0.05, 0) is 54.5 Å². The molecule has 0 unspecified atom stereocenters. The second kappa shape index (κ2) is 10.7. The van der Waals surface area contributed by atoms with Gasteiger partial charge in [0.2, 0.25) is 5.91 Å². The third-order valence-electron chi connectivity index (χ3n) is 4.49. The molecule has 31 heavy (non-hydrogen) atoms. The molecular formula is C22H21ClN2O4S2. The van der Waals surface area contributed by atoms with Crippen LogP contribution in [0.1, 0.15) is 18.4 Å². The van der Waals surface area contributed by atoms with Gasteiger partial charge in [0.15, 0.2) is 11.5 Å². The van der Waals surface area contributed by atoms with Crippen molar-refractivity contribution in [2.45, 2.75) is 12.8 Å². The summed E-state index contributed by atoms with van der Waals surface area (Å²) in [6.45, 7) is 0.377. The molecule has 0 bridgehead atoms. The number of ether oxygens (including phenoxy) is 2. The first-order valence-electron chi connectivity index (χ1n) is 9.44. The lowest BCUT2D eigenvalue weighted by molar-refractivity contribution is -0.122. The highest BCUT2D eigenvalue weighted by Crippen LogP contribution is 2.34. The van der Waals surface area contributed by atoms with E-state index in [0.717, 1.165) is 5.56 Å². The Kier molecular flexibility index (Phi) is 7.95. The maximum absolute atomic E-state index is 12.8. The normalized spacial score (nSPS) is 14.8. The molecule has 2 aromatic rings. The number of methoxy groups -OCH3 is 2. The summed E-state index contributed by atoms with van der Waals surface area (Å²) in [6, 6.07) is 12.3. The Morgan fingerprint density at radius 1 is 1.16 bits per heavy atom. The Morgan fingerprint density at radius 3 is 2.55 bits per heavy atom. The van der Waals surface area contributed by atoms with Crippen molar-refractivity contribution in [1.82, 2.24) is 4.90 Å². The van der Waals surface area contributed by atoms with Crippen molar-refractivity contribution in [2.24, 2.45) is 0 Å². The molecule has 3 rings (SSSR count). The molecule has 0 radical (unpaired) electrons. The number of hydrogen-bond donors (Lipinski definition) is 1. The van der Waals surface area contributed by atoms with E-state index in [1.807, 2.05) is 6.07 Å². The molecule has 0 spiro atoms. The number of thioether (sulfide) groups is 1. The Balaban J connectivity index is 1.57. The number of halogens is 1. The molecule has 1 saturated heterocycles. The monoisotopic (exact) mass is 476 g/mol. The fraction of sp³-hybridized carbons (Fsp3) is 0.227. The van der Waals surface area contributed by atoms with Gasteiger partial charge in [-0.1, -0.05) is 41.6 Å². The average Bonchev–Trinajstić information content (AvgIpc) is 3.02. The summed E-state index contributed by atoms with van der Waals surface area (Å²) >= 11 is 12.5. The zero-order valence-electron chi connectivity index (χ0n) is 17.0. The van der Waals surface area contributed by atoms with Crippen LogP contribution in [0.25, 0.3) is 6.08 Å². The molecule has 0 saturated carbocycles. The molecule has 1 fully saturated rings. The highest BCUT2D eigenvalue weighted by Gasteiger charge is 2.31. The molecule has 1 aliphatic rings. The minimum absolute atomic E-state index is 0.131. The fourth-order valence-corrected chi connectivity index (χ4v) is 4.38. The van der Waals surface area contributed by atoms with E-state index in [-0.39, 0.29) is 18.2 Å². The Hall–Kier alpha value is -2.55. The number of nitrogens with zero attached hydrogens (tertiary/aromatic N) is 1. The van der Waals surface area contributed by atoms with Crippen LogP contribution in [0.15, 0.2) is 47.4 Å². The lowest BCUT2D eigenvalue weighted by Gasteiger charge is -2.14. The molecule has 0 aliphatic carbocycles. The molecule has 162 valence electrons. The molecule has 0 atom stereocenters. The van der Waals surface area contributed by atoms with Crippen molar-refractivity contribution in [3.8, 4) is 11.5 Å². The van der Waals surface area contributed by atoms with E-state index in [2.05, 4.69) is 5.32 Å². The Bertz CT molecular complexity index is 1020. The first-order chi connectivity index (χ1) is 14.9. The van der Waals surface area contributed by atoms with Crippen LogP contribution in [0.4, 0.5) is 5.69 Å². The van der Waals surface area contributed by atoms with Crippen molar-refractivity contribution < 1.29 is 19.1 Å². The first kappa shape index (κ1) is 23.1. The van der Waals surface area contributed by atoms with Crippen molar-refractivity contribution in [2.75, 3.05) is 26.1 Å². The molecule has 2 amide bonds. The van der Waals surface area contributed by atoms with Gasteiger partial charge in [-0.25, -0.2) is 0 Å². The zero-order chi connectivity index (χ0) is 22.4. The number of carbonyl (C=O) groups excluding carboxylic acids is 2. The van der Waals surface area contributed by atoms with Gasteiger partial charge < -0.3 is 14.8 Å². The highest BCUT2D eigenvalue weighted by molar-refractivity contribution is 8.26. The molecule has 1 aliphatic heterocycles. The fourth-order valence-electron chi connectivity index (χ4n) is 2.94. The minimum Gasteiger partial charge on any atom is -0.493 e.